The molecule has 0 aliphatic rings. The Morgan fingerprint density at radius 1 is 1.13 bits per heavy atom. The molecule has 0 radical (unpaired) electrons. The van der Waals surface area contributed by atoms with E-state index in [1.165, 1.54) is 48.0 Å². The summed E-state index contributed by atoms with van der Waals surface area (Å²) in [6.45, 7) is 1.33. The van der Waals surface area contributed by atoms with Crippen LogP contribution in [0, 0.1) is 0 Å². The van der Waals surface area contributed by atoms with E-state index >= 15 is 0 Å². The van der Waals surface area contributed by atoms with E-state index in [-0.39, 0.29) is 11.6 Å². The fourth-order valence-electron chi connectivity index (χ4n) is 2.07. The van der Waals surface area contributed by atoms with Crippen molar-refractivity contribution in [3.05, 3.63) is 42.5 Å². The third-order valence-corrected chi connectivity index (χ3v) is 3.06. The molecular formula is C14H10F4N4O. The van der Waals surface area contributed by atoms with Crippen molar-refractivity contribution in [2.24, 2.45) is 0 Å². The van der Waals surface area contributed by atoms with Crippen molar-refractivity contribution < 1.29 is 22.3 Å². The van der Waals surface area contributed by atoms with Crippen molar-refractivity contribution in [1.82, 2.24) is 19.6 Å². The molecule has 1 unspecified atom stereocenters. The van der Waals surface area contributed by atoms with E-state index in [9.17, 15) is 17.6 Å². The van der Waals surface area contributed by atoms with Crippen LogP contribution in [0.25, 0.3) is 16.9 Å². The van der Waals surface area contributed by atoms with Crippen LogP contribution in [0.2, 0.25) is 0 Å². The first-order chi connectivity index (χ1) is 10.8. The summed E-state index contributed by atoms with van der Waals surface area (Å²) in [5, 5.41) is 7.53. The molecule has 0 saturated heterocycles. The normalized spacial score (nSPS) is 13.3. The Morgan fingerprint density at radius 2 is 1.83 bits per heavy atom. The lowest BCUT2D eigenvalue weighted by atomic mass is 10.1. The number of hydrogen-bond donors (Lipinski definition) is 0. The van der Waals surface area contributed by atoms with Crippen LogP contribution >= 0.6 is 0 Å². The molecule has 0 aliphatic carbocycles. The Bertz CT molecular complexity index is 827. The number of nitrogens with zero attached hydrogens (tertiary/aromatic N) is 4. The second kappa shape index (κ2) is 5.49. The molecule has 2 heterocycles. The van der Waals surface area contributed by atoms with Gasteiger partial charge < -0.3 is 4.74 Å². The summed E-state index contributed by atoms with van der Waals surface area (Å²) in [5.74, 6) is -0.203. The first-order valence-electron chi connectivity index (χ1n) is 6.54. The van der Waals surface area contributed by atoms with Crippen LogP contribution in [0.15, 0.2) is 36.7 Å². The minimum atomic E-state index is -4.74. The zero-order valence-corrected chi connectivity index (χ0v) is 11.8. The van der Waals surface area contributed by atoms with E-state index in [2.05, 4.69) is 19.9 Å². The van der Waals surface area contributed by atoms with Gasteiger partial charge in [0.2, 0.25) is 0 Å². The molecule has 1 atom stereocenters. The average Bonchev–Trinajstić information content (AvgIpc) is 2.89. The van der Waals surface area contributed by atoms with E-state index in [1.807, 2.05) is 0 Å². The van der Waals surface area contributed by atoms with Gasteiger partial charge >= 0.3 is 6.36 Å². The first kappa shape index (κ1) is 15.2. The van der Waals surface area contributed by atoms with Gasteiger partial charge in [0.15, 0.2) is 17.6 Å². The van der Waals surface area contributed by atoms with Crippen molar-refractivity contribution in [2.75, 3.05) is 0 Å². The Morgan fingerprint density at radius 3 is 2.43 bits per heavy atom. The fourth-order valence-corrected chi connectivity index (χ4v) is 2.07. The second-order valence-corrected chi connectivity index (χ2v) is 4.75. The molecule has 120 valence electrons. The molecule has 0 aliphatic heterocycles. The SMILES string of the molecule is CC(F)c1nnc2cnc(-c3ccc(OC(F)(F)F)cc3)cn12. The zero-order valence-electron chi connectivity index (χ0n) is 11.8. The number of benzene rings is 1. The van der Waals surface area contributed by atoms with Gasteiger partial charge in [-0.15, -0.1) is 23.4 Å². The number of rotatable bonds is 3. The Balaban J connectivity index is 1.95. The van der Waals surface area contributed by atoms with Gasteiger partial charge in [-0.1, -0.05) is 0 Å². The molecule has 3 aromatic rings. The Hall–Kier alpha value is -2.71. The molecule has 3 rings (SSSR count). The lowest BCUT2D eigenvalue weighted by Gasteiger charge is -2.09. The maximum absolute atomic E-state index is 13.5. The molecule has 0 amide bonds. The summed E-state index contributed by atoms with van der Waals surface area (Å²) in [7, 11) is 0. The molecule has 5 nitrogen and oxygen atoms in total. The molecule has 1 aromatic carbocycles. The highest BCUT2D eigenvalue weighted by Crippen LogP contribution is 2.26. The Kier molecular flexibility index (Phi) is 3.63. The van der Waals surface area contributed by atoms with Crippen LogP contribution in [0.5, 0.6) is 5.75 Å². The number of alkyl halides is 4. The van der Waals surface area contributed by atoms with Crippen LogP contribution in [-0.4, -0.2) is 25.9 Å². The molecule has 0 fully saturated rings. The summed E-state index contributed by atoms with van der Waals surface area (Å²) >= 11 is 0. The predicted octanol–water partition coefficient (Wildman–Crippen LogP) is 3.72. The van der Waals surface area contributed by atoms with Crippen molar-refractivity contribution in [3.8, 4) is 17.0 Å². The van der Waals surface area contributed by atoms with Crippen LogP contribution in [0.1, 0.15) is 18.9 Å². The van der Waals surface area contributed by atoms with Gasteiger partial charge in [-0.05, 0) is 31.2 Å². The molecule has 0 spiro atoms. The van der Waals surface area contributed by atoms with Gasteiger partial charge in [-0.25, -0.2) is 4.39 Å². The highest BCUT2D eigenvalue weighted by Gasteiger charge is 2.31. The zero-order chi connectivity index (χ0) is 16.6. The van der Waals surface area contributed by atoms with E-state index < -0.39 is 12.5 Å². The largest absolute Gasteiger partial charge is 0.573 e. The van der Waals surface area contributed by atoms with Gasteiger partial charge in [-0.3, -0.25) is 9.38 Å². The van der Waals surface area contributed by atoms with Gasteiger partial charge in [0.25, 0.3) is 0 Å². The summed E-state index contributed by atoms with van der Waals surface area (Å²) in [6.07, 6.45) is -3.12. The molecule has 9 heteroatoms. The number of ether oxygens (including phenoxy) is 1. The van der Waals surface area contributed by atoms with E-state index in [0.717, 1.165) is 0 Å². The maximum Gasteiger partial charge on any atom is 0.573 e. The van der Waals surface area contributed by atoms with Gasteiger partial charge in [0.1, 0.15) is 5.75 Å². The average molecular weight is 326 g/mol. The number of halogens is 4. The summed E-state index contributed by atoms with van der Waals surface area (Å²) in [5.41, 5.74) is 1.37. The Labute approximate surface area is 127 Å². The molecule has 2 aromatic heterocycles. The number of aromatic nitrogens is 4. The van der Waals surface area contributed by atoms with Gasteiger partial charge in [-0.2, -0.15) is 0 Å². The predicted molar refractivity (Wildman–Crippen MR) is 72.4 cm³/mol. The summed E-state index contributed by atoms with van der Waals surface area (Å²) in [4.78, 5) is 4.15. The third-order valence-electron chi connectivity index (χ3n) is 3.06. The van der Waals surface area contributed by atoms with Crippen LogP contribution < -0.4 is 4.74 Å². The first-order valence-corrected chi connectivity index (χ1v) is 6.54. The van der Waals surface area contributed by atoms with Gasteiger partial charge in [0, 0.05) is 11.8 Å². The molecule has 0 saturated carbocycles. The van der Waals surface area contributed by atoms with Crippen molar-refractivity contribution >= 4 is 5.65 Å². The highest BCUT2D eigenvalue weighted by atomic mass is 19.4. The monoisotopic (exact) mass is 326 g/mol. The van der Waals surface area contributed by atoms with E-state index in [1.54, 1.807) is 0 Å². The molecule has 23 heavy (non-hydrogen) atoms. The summed E-state index contributed by atoms with van der Waals surface area (Å²) in [6, 6.07) is 5.22. The van der Waals surface area contributed by atoms with Crippen molar-refractivity contribution in [1.29, 1.82) is 0 Å². The second-order valence-electron chi connectivity index (χ2n) is 4.75. The minimum absolute atomic E-state index is 0.126. The third kappa shape index (κ3) is 3.22. The number of fused-ring (bicyclic) bond motifs is 1. The summed E-state index contributed by atoms with van der Waals surface area (Å²) < 4.78 is 55.1. The minimum Gasteiger partial charge on any atom is -0.406 e. The topological polar surface area (TPSA) is 52.3 Å². The highest BCUT2D eigenvalue weighted by molar-refractivity contribution is 5.60. The van der Waals surface area contributed by atoms with Crippen molar-refractivity contribution in [2.45, 2.75) is 19.5 Å². The van der Waals surface area contributed by atoms with Gasteiger partial charge in [0.05, 0.1) is 11.9 Å². The standard InChI is InChI=1S/C14H10F4N4O/c1-8(15)13-21-20-12-6-19-11(7-22(12)13)9-2-4-10(5-3-9)23-14(16,17)18/h2-8H,1H3. The molecule has 0 bridgehead atoms. The van der Waals surface area contributed by atoms with E-state index in [4.69, 9.17) is 0 Å². The quantitative estimate of drug-likeness (QED) is 0.688. The lowest BCUT2D eigenvalue weighted by molar-refractivity contribution is -0.274. The van der Waals surface area contributed by atoms with Crippen LogP contribution in [0.4, 0.5) is 17.6 Å². The maximum atomic E-state index is 13.5. The smallest absolute Gasteiger partial charge is 0.406 e. The van der Waals surface area contributed by atoms with E-state index in [0.29, 0.717) is 16.9 Å². The molecular weight excluding hydrogens is 316 g/mol. The van der Waals surface area contributed by atoms with Crippen LogP contribution in [0.3, 0.4) is 0 Å². The lowest BCUT2D eigenvalue weighted by Crippen LogP contribution is -2.16. The van der Waals surface area contributed by atoms with Crippen LogP contribution in [-0.2, 0) is 0 Å². The fraction of sp³-hybridized carbons (Fsp3) is 0.214. The molecule has 0 N–H and O–H groups in total. The number of hydrogen-bond acceptors (Lipinski definition) is 4. The van der Waals surface area contributed by atoms with Crippen molar-refractivity contribution in [3.63, 3.8) is 0 Å².